The summed E-state index contributed by atoms with van der Waals surface area (Å²) in [6.45, 7) is 12.0. The molecule has 0 atom stereocenters. The summed E-state index contributed by atoms with van der Waals surface area (Å²) in [7, 11) is 0. The zero-order valence-corrected chi connectivity index (χ0v) is 18.1. The van der Waals surface area contributed by atoms with Gasteiger partial charge in [0.05, 0.1) is 0 Å². The Hall–Kier alpha value is -2.94. The first kappa shape index (κ1) is 20.8. The van der Waals surface area contributed by atoms with E-state index in [1.165, 1.54) is 5.56 Å². The largest absolute Gasteiger partial charge is 0.508 e. The van der Waals surface area contributed by atoms with Crippen LogP contribution in [0, 0.1) is 41.5 Å². The van der Waals surface area contributed by atoms with Crippen LogP contribution in [0.15, 0.2) is 30.3 Å². The molecule has 0 spiro atoms. The summed E-state index contributed by atoms with van der Waals surface area (Å²) in [6, 6.07) is 9.43. The average Bonchev–Trinajstić information content (AvgIpc) is 2.67. The highest BCUT2D eigenvalue weighted by molar-refractivity contribution is 5.55. The van der Waals surface area contributed by atoms with Crippen LogP contribution >= 0.6 is 0 Å². The minimum atomic E-state index is 0.248. The van der Waals surface area contributed by atoms with Gasteiger partial charge >= 0.3 is 0 Å². The van der Waals surface area contributed by atoms with Crippen molar-refractivity contribution in [2.24, 2.45) is 0 Å². The van der Waals surface area contributed by atoms with Crippen molar-refractivity contribution in [1.29, 1.82) is 0 Å². The molecule has 0 heterocycles. The van der Waals surface area contributed by atoms with E-state index in [1.807, 2.05) is 65.8 Å². The van der Waals surface area contributed by atoms with E-state index in [2.05, 4.69) is 0 Å². The Bertz CT molecular complexity index is 1090. The first-order valence-electron chi connectivity index (χ1n) is 9.98. The van der Waals surface area contributed by atoms with Crippen molar-refractivity contribution in [3.05, 3.63) is 86.0 Å². The third kappa shape index (κ3) is 3.95. The maximum atomic E-state index is 10.8. The predicted octanol–water partition coefficient (Wildman–Crippen LogP) is 5.84. The van der Waals surface area contributed by atoms with Gasteiger partial charge in [-0.15, -0.1) is 0 Å². The monoisotopic (exact) mass is 390 g/mol. The van der Waals surface area contributed by atoms with Crippen molar-refractivity contribution < 1.29 is 15.3 Å². The lowest BCUT2D eigenvalue weighted by atomic mass is 9.87. The molecule has 152 valence electrons. The minimum Gasteiger partial charge on any atom is -0.508 e. The van der Waals surface area contributed by atoms with E-state index >= 15 is 0 Å². The lowest BCUT2D eigenvalue weighted by Crippen LogP contribution is -2.04. The fourth-order valence-corrected chi connectivity index (χ4v) is 4.07. The van der Waals surface area contributed by atoms with Crippen molar-refractivity contribution in [3.8, 4) is 17.2 Å². The summed E-state index contributed by atoms with van der Waals surface area (Å²) in [5.41, 5.74) is 10.0. The Balaban J connectivity index is 2.09. The molecule has 3 aromatic carbocycles. The Kier molecular flexibility index (Phi) is 5.61. The number of aromatic hydroxyl groups is 3. The molecular formula is C26H30O3. The van der Waals surface area contributed by atoms with Crippen LogP contribution in [0.1, 0.15) is 55.6 Å². The second-order valence-electron chi connectivity index (χ2n) is 8.23. The molecule has 0 aliphatic carbocycles. The fourth-order valence-electron chi connectivity index (χ4n) is 4.07. The maximum Gasteiger partial charge on any atom is 0.122 e. The standard InChI is InChI=1S/C26H30O3/c1-14-7-8-24(27)21(9-14)13-23-19(6)20(10-16(3)26(23)29)12-22-15(2)11-25(28)18(5)17(22)4/h7-11,27-29H,12-13H2,1-6H3. The normalized spacial score (nSPS) is 11.1. The molecule has 0 saturated carbocycles. The fraction of sp³-hybridized carbons (Fsp3) is 0.308. The van der Waals surface area contributed by atoms with Crippen molar-refractivity contribution >= 4 is 0 Å². The maximum absolute atomic E-state index is 10.8. The first-order valence-corrected chi connectivity index (χ1v) is 9.98. The van der Waals surface area contributed by atoms with Crippen LogP contribution < -0.4 is 0 Å². The van der Waals surface area contributed by atoms with Crippen LogP contribution in [-0.4, -0.2) is 15.3 Å². The molecule has 3 nitrogen and oxygen atoms in total. The molecule has 3 aromatic rings. The number of hydrogen-bond acceptors (Lipinski definition) is 3. The van der Waals surface area contributed by atoms with E-state index in [9.17, 15) is 15.3 Å². The summed E-state index contributed by atoms with van der Waals surface area (Å²) in [5.74, 6) is 0.874. The zero-order chi connectivity index (χ0) is 21.5. The van der Waals surface area contributed by atoms with Gasteiger partial charge in [0.25, 0.3) is 0 Å². The molecule has 0 bridgehead atoms. The second-order valence-corrected chi connectivity index (χ2v) is 8.23. The Labute approximate surface area is 173 Å². The van der Waals surface area contributed by atoms with E-state index in [-0.39, 0.29) is 5.75 Å². The van der Waals surface area contributed by atoms with Crippen LogP contribution in [0.2, 0.25) is 0 Å². The van der Waals surface area contributed by atoms with Gasteiger partial charge < -0.3 is 15.3 Å². The van der Waals surface area contributed by atoms with E-state index in [0.29, 0.717) is 17.9 Å². The molecule has 29 heavy (non-hydrogen) atoms. The molecule has 0 unspecified atom stereocenters. The highest BCUT2D eigenvalue weighted by Crippen LogP contribution is 2.35. The highest BCUT2D eigenvalue weighted by atomic mass is 16.3. The summed E-state index contributed by atoms with van der Waals surface area (Å²) in [6.07, 6.45) is 1.21. The number of aryl methyl sites for hydroxylation is 3. The molecular weight excluding hydrogens is 360 g/mol. The molecule has 0 aliphatic rings. The molecule has 0 radical (unpaired) electrons. The molecule has 0 fully saturated rings. The predicted molar refractivity (Wildman–Crippen MR) is 118 cm³/mol. The third-order valence-electron chi connectivity index (χ3n) is 6.18. The van der Waals surface area contributed by atoms with Crippen LogP contribution in [-0.2, 0) is 12.8 Å². The Morgan fingerprint density at radius 3 is 1.93 bits per heavy atom. The SMILES string of the molecule is Cc1ccc(O)c(Cc2c(C)c(Cc3c(C)cc(O)c(C)c3C)cc(C)c2O)c1. The van der Waals surface area contributed by atoms with Gasteiger partial charge in [0.1, 0.15) is 17.2 Å². The molecule has 0 aromatic heterocycles. The number of phenolic OH excluding ortho intramolecular Hbond substituents is 3. The van der Waals surface area contributed by atoms with E-state index in [1.54, 1.807) is 6.07 Å². The molecule has 3 N–H and O–H groups in total. The molecule has 0 saturated heterocycles. The quantitative estimate of drug-likeness (QED) is 0.525. The van der Waals surface area contributed by atoms with E-state index in [4.69, 9.17) is 0 Å². The van der Waals surface area contributed by atoms with Crippen LogP contribution in [0.5, 0.6) is 17.2 Å². The van der Waals surface area contributed by atoms with Gasteiger partial charge in [-0.1, -0.05) is 23.8 Å². The summed E-state index contributed by atoms with van der Waals surface area (Å²) < 4.78 is 0. The van der Waals surface area contributed by atoms with Gasteiger partial charge in [-0.2, -0.15) is 0 Å². The van der Waals surface area contributed by atoms with Crippen LogP contribution in [0.4, 0.5) is 0 Å². The van der Waals surface area contributed by atoms with Crippen molar-refractivity contribution in [2.45, 2.75) is 54.4 Å². The number of phenols is 3. The molecule has 3 heteroatoms. The second kappa shape index (κ2) is 7.82. The number of benzene rings is 3. The van der Waals surface area contributed by atoms with Crippen LogP contribution in [0.3, 0.4) is 0 Å². The van der Waals surface area contributed by atoms with Crippen LogP contribution in [0.25, 0.3) is 0 Å². The van der Waals surface area contributed by atoms with Gasteiger partial charge in [0, 0.05) is 12.0 Å². The van der Waals surface area contributed by atoms with E-state index < -0.39 is 0 Å². The van der Waals surface area contributed by atoms with Crippen molar-refractivity contribution in [3.63, 3.8) is 0 Å². The lowest BCUT2D eigenvalue weighted by molar-refractivity contribution is 0.459. The zero-order valence-electron chi connectivity index (χ0n) is 18.1. The molecule has 3 rings (SSSR count). The molecule has 0 amide bonds. The Morgan fingerprint density at radius 2 is 1.24 bits per heavy atom. The number of hydrogen-bond donors (Lipinski definition) is 3. The lowest BCUT2D eigenvalue weighted by Gasteiger charge is -2.19. The Morgan fingerprint density at radius 1 is 0.586 bits per heavy atom. The minimum absolute atomic E-state index is 0.248. The van der Waals surface area contributed by atoms with Crippen molar-refractivity contribution in [2.75, 3.05) is 0 Å². The highest BCUT2D eigenvalue weighted by Gasteiger charge is 2.17. The summed E-state index contributed by atoms with van der Waals surface area (Å²) >= 11 is 0. The summed E-state index contributed by atoms with van der Waals surface area (Å²) in [5, 5.41) is 31.1. The third-order valence-corrected chi connectivity index (χ3v) is 6.18. The van der Waals surface area contributed by atoms with Gasteiger partial charge in [-0.3, -0.25) is 0 Å². The topological polar surface area (TPSA) is 60.7 Å². The van der Waals surface area contributed by atoms with Gasteiger partial charge in [0.2, 0.25) is 0 Å². The van der Waals surface area contributed by atoms with E-state index in [0.717, 1.165) is 56.5 Å². The van der Waals surface area contributed by atoms with Crippen molar-refractivity contribution in [1.82, 2.24) is 0 Å². The molecule has 0 aliphatic heterocycles. The summed E-state index contributed by atoms with van der Waals surface area (Å²) in [4.78, 5) is 0. The average molecular weight is 391 g/mol. The van der Waals surface area contributed by atoms with Gasteiger partial charge in [-0.25, -0.2) is 0 Å². The van der Waals surface area contributed by atoms with Gasteiger partial charge in [-0.05, 0) is 105 Å². The first-order chi connectivity index (χ1) is 13.6. The number of rotatable bonds is 4. The smallest absolute Gasteiger partial charge is 0.122 e. The van der Waals surface area contributed by atoms with Gasteiger partial charge in [0.15, 0.2) is 0 Å².